The van der Waals surface area contributed by atoms with Crippen molar-refractivity contribution in [2.75, 3.05) is 31.6 Å². The molecule has 0 saturated carbocycles. The molecule has 0 spiro atoms. The number of nitrogens with one attached hydrogen (secondary N) is 1. The number of amides is 1. The molecule has 3 N–H and O–H groups in total. The number of carbonyl (C=O) groups excluding carboxylic acids is 1. The Morgan fingerprint density at radius 1 is 1.43 bits per heavy atom. The van der Waals surface area contributed by atoms with E-state index in [-0.39, 0.29) is 24.4 Å². The molecule has 1 fully saturated rings. The summed E-state index contributed by atoms with van der Waals surface area (Å²) in [5.74, 6) is 2.67. The van der Waals surface area contributed by atoms with Crippen LogP contribution >= 0.6 is 24.2 Å². The van der Waals surface area contributed by atoms with E-state index in [4.69, 9.17) is 10.2 Å². The Labute approximate surface area is 149 Å². The number of hydrogen-bond acceptors (Lipinski definition) is 5. The summed E-state index contributed by atoms with van der Waals surface area (Å²) < 4.78 is 5.79. The second kappa shape index (κ2) is 10.2. The van der Waals surface area contributed by atoms with Crippen LogP contribution < -0.4 is 11.1 Å². The van der Waals surface area contributed by atoms with Gasteiger partial charge in [0, 0.05) is 6.54 Å². The summed E-state index contributed by atoms with van der Waals surface area (Å²) in [7, 11) is 0. The molecule has 1 aromatic rings. The van der Waals surface area contributed by atoms with Crippen LogP contribution in [0, 0.1) is 6.92 Å². The number of thioether (sulfide) groups is 1. The van der Waals surface area contributed by atoms with Crippen LogP contribution in [0.25, 0.3) is 0 Å². The predicted octanol–water partition coefficient (Wildman–Crippen LogP) is 2.34. The van der Waals surface area contributed by atoms with Gasteiger partial charge in [0.05, 0.1) is 12.1 Å². The van der Waals surface area contributed by atoms with Crippen molar-refractivity contribution in [2.24, 2.45) is 5.73 Å². The fourth-order valence-electron chi connectivity index (χ4n) is 2.80. The third kappa shape index (κ3) is 6.03. The first kappa shape index (κ1) is 20.4. The van der Waals surface area contributed by atoms with E-state index in [1.807, 2.05) is 25.3 Å². The number of nitrogens with two attached hydrogens (primary N) is 1. The Hall–Kier alpha value is -0.690. The number of aryl methyl sites for hydroxylation is 1. The first-order valence-corrected chi connectivity index (χ1v) is 9.34. The number of halogens is 1. The maximum absolute atomic E-state index is 12.1. The molecule has 0 aromatic carbocycles. The van der Waals surface area contributed by atoms with Crippen molar-refractivity contribution in [1.82, 2.24) is 10.2 Å². The second-order valence-corrected chi connectivity index (χ2v) is 6.83. The maximum Gasteiger partial charge on any atom is 0.237 e. The van der Waals surface area contributed by atoms with Crippen molar-refractivity contribution in [3.05, 3.63) is 23.7 Å². The average Bonchev–Trinajstić information content (AvgIpc) is 3.17. The lowest BCUT2D eigenvalue weighted by atomic mass is 10.1. The first-order valence-electron chi connectivity index (χ1n) is 7.94. The molecule has 1 aliphatic rings. The van der Waals surface area contributed by atoms with Gasteiger partial charge in [-0.25, -0.2) is 0 Å². The zero-order valence-electron chi connectivity index (χ0n) is 13.9. The molecular formula is C16H28ClN3O2S. The van der Waals surface area contributed by atoms with Crippen LogP contribution in [0.5, 0.6) is 0 Å². The van der Waals surface area contributed by atoms with Crippen molar-refractivity contribution in [1.29, 1.82) is 0 Å². The quantitative estimate of drug-likeness (QED) is 0.743. The molecule has 132 valence electrons. The van der Waals surface area contributed by atoms with Crippen molar-refractivity contribution < 1.29 is 9.21 Å². The van der Waals surface area contributed by atoms with Crippen LogP contribution in [0.2, 0.25) is 0 Å². The van der Waals surface area contributed by atoms with Gasteiger partial charge in [0.2, 0.25) is 5.91 Å². The minimum atomic E-state index is -0.426. The molecule has 7 heteroatoms. The van der Waals surface area contributed by atoms with E-state index < -0.39 is 6.04 Å². The molecule has 1 saturated heterocycles. The Balaban J connectivity index is 0.00000264. The van der Waals surface area contributed by atoms with E-state index in [2.05, 4.69) is 10.2 Å². The zero-order chi connectivity index (χ0) is 15.9. The summed E-state index contributed by atoms with van der Waals surface area (Å²) in [5.41, 5.74) is 5.92. The van der Waals surface area contributed by atoms with Gasteiger partial charge in [-0.3, -0.25) is 9.69 Å². The van der Waals surface area contributed by atoms with E-state index in [9.17, 15) is 4.79 Å². The highest BCUT2D eigenvalue weighted by Crippen LogP contribution is 2.26. The molecular weight excluding hydrogens is 334 g/mol. The number of hydrogen-bond donors (Lipinski definition) is 2. The molecule has 0 radical (unpaired) electrons. The number of furan rings is 1. The molecule has 5 nitrogen and oxygen atoms in total. The van der Waals surface area contributed by atoms with E-state index >= 15 is 0 Å². The van der Waals surface area contributed by atoms with Crippen molar-refractivity contribution >= 4 is 30.1 Å². The topological polar surface area (TPSA) is 71.5 Å². The average molecular weight is 362 g/mol. The number of rotatable bonds is 8. The fraction of sp³-hybridized carbons (Fsp3) is 0.688. The lowest BCUT2D eigenvalue weighted by Crippen LogP contribution is -2.44. The predicted molar refractivity (Wildman–Crippen MR) is 98.2 cm³/mol. The second-order valence-electron chi connectivity index (χ2n) is 5.84. The number of nitrogens with zero attached hydrogens (tertiary/aromatic N) is 1. The van der Waals surface area contributed by atoms with E-state index in [1.54, 1.807) is 11.8 Å². The summed E-state index contributed by atoms with van der Waals surface area (Å²) in [6.07, 6.45) is 5.14. The summed E-state index contributed by atoms with van der Waals surface area (Å²) >= 11 is 1.71. The SMILES string of the molecule is CSCC[C@H](N)C(=O)NCC(c1ccc(C)o1)N1CCCC1.Cl. The highest BCUT2D eigenvalue weighted by Gasteiger charge is 2.27. The minimum absolute atomic E-state index is 0. The lowest BCUT2D eigenvalue weighted by molar-refractivity contribution is -0.122. The van der Waals surface area contributed by atoms with Crippen LogP contribution in [-0.4, -0.2) is 48.5 Å². The van der Waals surface area contributed by atoms with E-state index in [0.717, 1.165) is 30.4 Å². The molecule has 0 bridgehead atoms. The Morgan fingerprint density at radius 2 is 2.13 bits per heavy atom. The molecule has 1 aliphatic heterocycles. The molecule has 2 heterocycles. The largest absolute Gasteiger partial charge is 0.465 e. The monoisotopic (exact) mass is 361 g/mol. The highest BCUT2D eigenvalue weighted by molar-refractivity contribution is 7.98. The third-order valence-electron chi connectivity index (χ3n) is 4.11. The highest BCUT2D eigenvalue weighted by atomic mass is 35.5. The van der Waals surface area contributed by atoms with Crippen LogP contribution in [-0.2, 0) is 4.79 Å². The van der Waals surface area contributed by atoms with Gasteiger partial charge < -0.3 is 15.5 Å². The fourth-order valence-corrected chi connectivity index (χ4v) is 3.29. The zero-order valence-corrected chi connectivity index (χ0v) is 15.5. The smallest absolute Gasteiger partial charge is 0.237 e. The van der Waals surface area contributed by atoms with Gasteiger partial charge in [-0.1, -0.05) is 0 Å². The molecule has 2 rings (SSSR count). The molecule has 0 aliphatic carbocycles. The number of likely N-dealkylation sites (tertiary alicyclic amines) is 1. The van der Waals surface area contributed by atoms with Gasteiger partial charge in [-0.15, -0.1) is 12.4 Å². The normalized spacial score (nSPS) is 17.5. The van der Waals surface area contributed by atoms with Crippen LogP contribution in [0.4, 0.5) is 0 Å². The van der Waals surface area contributed by atoms with Crippen LogP contribution in [0.3, 0.4) is 0 Å². The van der Waals surface area contributed by atoms with Gasteiger partial charge in [0.25, 0.3) is 0 Å². The van der Waals surface area contributed by atoms with Crippen molar-refractivity contribution in [3.8, 4) is 0 Å². The van der Waals surface area contributed by atoms with Crippen molar-refractivity contribution in [2.45, 2.75) is 38.3 Å². The molecule has 1 unspecified atom stereocenters. The van der Waals surface area contributed by atoms with Crippen LogP contribution in [0.1, 0.15) is 36.8 Å². The number of carbonyl (C=O) groups is 1. The van der Waals surface area contributed by atoms with E-state index in [0.29, 0.717) is 13.0 Å². The van der Waals surface area contributed by atoms with Crippen LogP contribution in [0.15, 0.2) is 16.5 Å². The standard InChI is InChI=1S/C16H27N3O2S.ClH/c1-12-5-6-15(21-12)14(19-8-3-4-9-19)11-18-16(20)13(17)7-10-22-2;/h5-6,13-14H,3-4,7-11,17H2,1-2H3,(H,18,20);1H/t13-,14?;/m0./s1. The first-order chi connectivity index (χ1) is 10.6. The Bertz CT molecular complexity index is 478. The van der Waals surface area contributed by atoms with Gasteiger partial charge >= 0.3 is 0 Å². The molecule has 1 amide bonds. The summed E-state index contributed by atoms with van der Waals surface area (Å²) in [6.45, 7) is 4.61. The third-order valence-corrected chi connectivity index (χ3v) is 4.75. The van der Waals surface area contributed by atoms with Crippen molar-refractivity contribution in [3.63, 3.8) is 0 Å². The minimum Gasteiger partial charge on any atom is -0.465 e. The summed E-state index contributed by atoms with van der Waals surface area (Å²) in [5, 5.41) is 3.00. The Morgan fingerprint density at radius 3 is 2.70 bits per heavy atom. The summed E-state index contributed by atoms with van der Waals surface area (Å²) in [4.78, 5) is 14.5. The van der Waals surface area contributed by atoms with Gasteiger partial charge in [-0.2, -0.15) is 11.8 Å². The van der Waals surface area contributed by atoms with Gasteiger partial charge in [0.15, 0.2) is 0 Å². The maximum atomic E-state index is 12.1. The Kier molecular flexibility index (Phi) is 9.06. The lowest BCUT2D eigenvalue weighted by Gasteiger charge is -2.26. The van der Waals surface area contributed by atoms with E-state index in [1.165, 1.54) is 12.8 Å². The van der Waals surface area contributed by atoms with Gasteiger partial charge in [-0.05, 0) is 63.4 Å². The van der Waals surface area contributed by atoms with Gasteiger partial charge in [0.1, 0.15) is 11.5 Å². The summed E-state index contributed by atoms with van der Waals surface area (Å²) in [6, 6.07) is 3.67. The molecule has 1 aromatic heterocycles. The molecule has 23 heavy (non-hydrogen) atoms. The molecule has 2 atom stereocenters.